The smallest absolute Gasteiger partial charge is 0.414 e. The number of hydrogen-bond acceptors (Lipinski definition) is 8. The van der Waals surface area contributed by atoms with Crippen molar-refractivity contribution in [2.75, 3.05) is 64.4 Å². The van der Waals surface area contributed by atoms with Crippen LogP contribution in [0.2, 0.25) is 0 Å². The maximum atomic E-state index is 15.0. The Bertz CT molecular complexity index is 1110. The van der Waals surface area contributed by atoms with Gasteiger partial charge in [-0.2, -0.15) is 5.11 Å². The summed E-state index contributed by atoms with van der Waals surface area (Å²) in [4.78, 5) is 32.9. The number of cyclic esters (lactones) is 1. The van der Waals surface area contributed by atoms with Crippen molar-refractivity contribution in [3.8, 4) is 11.1 Å². The van der Waals surface area contributed by atoms with E-state index in [1.54, 1.807) is 36.3 Å². The van der Waals surface area contributed by atoms with E-state index in [4.69, 9.17) is 9.47 Å². The van der Waals surface area contributed by atoms with Crippen LogP contribution < -0.4 is 4.90 Å². The first kappa shape index (κ1) is 26.6. The molecule has 2 fully saturated rings. The van der Waals surface area contributed by atoms with Crippen LogP contribution in [-0.2, 0) is 9.47 Å². The van der Waals surface area contributed by atoms with E-state index in [0.717, 1.165) is 39.3 Å². The average molecular weight is 513 g/mol. The average Bonchev–Trinajstić information content (AvgIpc) is 3.27. The number of aromatic nitrogens is 1. The molecule has 4 rings (SSSR count). The van der Waals surface area contributed by atoms with Gasteiger partial charge in [0.15, 0.2) is 5.78 Å². The minimum absolute atomic E-state index is 0.0282. The number of likely N-dealkylation sites (N-methyl/N-ethyl adjacent to an activating group) is 1. The van der Waals surface area contributed by atoms with Crippen molar-refractivity contribution in [1.82, 2.24) is 14.9 Å². The van der Waals surface area contributed by atoms with Gasteiger partial charge in [0.25, 0.3) is 0 Å². The maximum absolute atomic E-state index is 15.0. The molecule has 1 atom stereocenters. The Morgan fingerprint density at radius 3 is 2.76 bits per heavy atom. The lowest BCUT2D eigenvalue weighted by Crippen LogP contribution is -2.36. The van der Waals surface area contributed by atoms with E-state index in [1.807, 2.05) is 6.92 Å². The van der Waals surface area contributed by atoms with E-state index >= 15 is 4.39 Å². The highest BCUT2D eigenvalue weighted by atomic mass is 19.1. The molecule has 2 aromatic rings. The summed E-state index contributed by atoms with van der Waals surface area (Å²) in [5, 5.41) is 9.53. The molecule has 0 bridgehead atoms. The molecule has 1 aromatic carbocycles. The van der Waals surface area contributed by atoms with Gasteiger partial charge in [-0.15, -0.1) is 0 Å². The molecule has 0 aliphatic carbocycles. The lowest BCUT2D eigenvalue weighted by molar-refractivity contribution is 0.0371. The van der Waals surface area contributed by atoms with Gasteiger partial charge in [-0.1, -0.05) is 11.3 Å². The highest BCUT2D eigenvalue weighted by Crippen LogP contribution is 2.29. The summed E-state index contributed by atoms with van der Waals surface area (Å²) in [7, 11) is 1.75. The Morgan fingerprint density at radius 1 is 1.24 bits per heavy atom. The number of Topliss-reactive ketones (excluding diaryl/α,β-unsaturated/α-hetero) is 1. The fourth-order valence-corrected chi connectivity index (χ4v) is 4.37. The van der Waals surface area contributed by atoms with Crippen LogP contribution in [-0.4, -0.2) is 92.4 Å². The molecule has 1 amide bonds. The van der Waals surface area contributed by atoms with Gasteiger partial charge in [0, 0.05) is 43.9 Å². The van der Waals surface area contributed by atoms with E-state index in [0.29, 0.717) is 42.0 Å². The summed E-state index contributed by atoms with van der Waals surface area (Å²) in [5.74, 6) is -0.520. The molecular formula is C26H33FN6O4. The summed E-state index contributed by atoms with van der Waals surface area (Å²) in [6.45, 7) is 7.24. The van der Waals surface area contributed by atoms with Gasteiger partial charge >= 0.3 is 6.09 Å². The molecule has 3 heterocycles. The number of nitrogens with zero attached hydrogens (tertiary/aromatic N) is 6. The van der Waals surface area contributed by atoms with E-state index in [9.17, 15) is 9.59 Å². The first-order valence-corrected chi connectivity index (χ1v) is 12.6. The molecule has 10 nitrogen and oxygen atoms in total. The Balaban J connectivity index is 1.34. The van der Waals surface area contributed by atoms with Gasteiger partial charge in [-0.3, -0.25) is 24.6 Å². The standard InChI is InChI=1S/C26H33FN6O4/c1-3-29-30-31(2)17-21-18-33(26(35)37-21)20-7-8-22(23(27)15-20)19-6-9-24(28-16-19)25(34)5-4-10-32-11-13-36-14-12-32/h6-9,15-16,21H,3-5,10-14,17-18H2,1-2H3. The van der Waals surface area contributed by atoms with Crippen LogP contribution >= 0.6 is 0 Å². The van der Waals surface area contributed by atoms with Crippen LogP contribution in [0.3, 0.4) is 0 Å². The van der Waals surface area contributed by atoms with Crippen molar-refractivity contribution < 1.29 is 23.5 Å². The summed E-state index contributed by atoms with van der Waals surface area (Å²) in [6, 6.07) is 7.92. The number of benzene rings is 1. The van der Waals surface area contributed by atoms with Crippen LogP contribution in [0.4, 0.5) is 14.9 Å². The maximum Gasteiger partial charge on any atom is 0.414 e. The summed E-state index contributed by atoms with van der Waals surface area (Å²) < 4.78 is 25.8. The van der Waals surface area contributed by atoms with Gasteiger partial charge in [0.1, 0.15) is 17.6 Å². The first-order chi connectivity index (χ1) is 17.9. The molecule has 0 radical (unpaired) electrons. The van der Waals surface area contributed by atoms with Gasteiger partial charge in [0.2, 0.25) is 0 Å². The Kier molecular flexibility index (Phi) is 9.13. The Labute approximate surface area is 216 Å². The van der Waals surface area contributed by atoms with Crippen molar-refractivity contribution in [2.24, 2.45) is 10.3 Å². The topological polar surface area (TPSA) is 99.9 Å². The normalized spacial score (nSPS) is 18.4. The summed E-state index contributed by atoms with van der Waals surface area (Å²) >= 11 is 0. The Hall–Kier alpha value is -3.44. The molecular weight excluding hydrogens is 479 g/mol. The SMILES string of the molecule is CCN=NN(C)CC1CN(c2ccc(-c3ccc(C(=O)CCCN4CCOCC4)nc3)c(F)c2)C(=O)O1. The molecule has 2 saturated heterocycles. The molecule has 0 saturated carbocycles. The number of amides is 1. The fraction of sp³-hybridized carbons (Fsp3) is 0.500. The van der Waals surface area contributed by atoms with Crippen molar-refractivity contribution in [2.45, 2.75) is 25.9 Å². The highest BCUT2D eigenvalue weighted by molar-refractivity contribution is 5.94. The van der Waals surface area contributed by atoms with Crippen molar-refractivity contribution in [3.05, 3.63) is 48.0 Å². The third kappa shape index (κ3) is 7.07. The first-order valence-electron chi connectivity index (χ1n) is 12.6. The van der Waals surface area contributed by atoms with Gasteiger partial charge in [-0.25, -0.2) is 9.18 Å². The molecule has 37 heavy (non-hydrogen) atoms. The second kappa shape index (κ2) is 12.7. The lowest BCUT2D eigenvalue weighted by atomic mass is 10.0. The predicted molar refractivity (Wildman–Crippen MR) is 136 cm³/mol. The largest absolute Gasteiger partial charge is 0.442 e. The van der Waals surface area contributed by atoms with Crippen LogP contribution in [0.25, 0.3) is 11.1 Å². The molecule has 11 heteroatoms. The molecule has 1 unspecified atom stereocenters. The van der Waals surface area contributed by atoms with Gasteiger partial charge in [0.05, 0.1) is 38.5 Å². The number of halogens is 1. The minimum Gasteiger partial charge on any atom is -0.442 e. The zero-order valence-electron chi connectivity index (χ0n) is 21.3. The van der Waals surface area contributed by atoms with Gasteiger partial charge < -0.3 is 9.47 Å². The summed E-state index contributed by atoms with van der Waals surface area (Å²) in [6.07, 6.45) is 1.75. The quantitative estimate of drug-likeness (QED) is 0.256. The number of ether oxygens (including phenoxy) is 2. The molecule has 0 spiro atoms. The number of hydrogen-bond donors (Lipinski definition) is 0. The monoisotopic (exact) mass is 512 g/mol. The number of carbonyl (C=O) groups excluding carboxylic acids is 2. The second-order valence-electron chi connectivity index (χ2n) is 9.08. The van der Waals surface area contributed by atoms with Crippen molar-refractivity contribution >= 4 is 17.6 Å². The number of morpholine rings is 1. The number of carbonyl (C=O) groups is 2. The number of rotatable bonds is 11. The van der Waals surface area contributed by atoms with Gasteiger partial charge in [-0.05, 0) is 44.2 Å². The summed E-state index contributed by atoms with van der Waals surface area (Å²) in [5.41, 5.74) is 1.67. The van der Waals surface area contributed by atoms with E-state index < -0.39 is 18.0 Å². The zero-order chi connectivity index (χ0) is 26.2. The van der Waals surface area contributed by atoms with Crippen molar-refractivity contribution in [1.29, 1.82) is 0 Å². The third-order valence-corrected chi connectivity index (χ3v) is 6.31. The fourth-order valence-electron chi connectivity index (χ4n) is 4.37. The van der Waals surface area contributed by atoms with E-state index in [2.05, 4.69) is 20.2 Å². The third-order valence-electron chi connectivity index (χ3n) is 6.31. The Morgan fingerprint density at radius 2 is 2.05 bits per heavy atom. The van der Waals surface area contributed by atoms with Crippen LogP contribution in [0.15, 0.2) is 46.9 Å². The highest BCUT2D eigenvalue weighted by Gasteiger charge is 2.33. The van der Waals surface area contributed by atoms with Crippen LogP contribution in [0, 0.1) is 5.82 Å². The van der Waals surface area contributed by atoms with E-state index in [-0.39, 0.29) is 12.3 Å². The number of anilines is 1. The second-order valence-corrected chi connectivity index (χ2v) is 9.08. The lowest BCUT2D eigenvalue weighted by Gasteiger charge is -2.26. The van der Waals surface area contributed by atoms with Crippen LogP contribution in [0.5, 0.6) is 0 Å². The minimum atomic E-state index is -0.531. The molecule has 1 aromatic heterocycles. The number of pyridine rings is 1. The molecule has 2 aliphatic heterocycles. The predicted octanol–water partition coefficient (Wildman–Crippen LogP) is 3.83. The van der Waals surface area contributed by atoms with Crippen molar-refractivity contribution in [3.63, 3.8) is 0 Å². The number of ketones is 1. The zero-order valence-corrected chi connectivity index (χ0v) is 21.3. The molecule has 0 N–H and O–H groups in total. The van der Waals surface area contributed by atoms with E-state index in [1.165, 1.54) is 17.2 Å². The van der Waals surface area contributed by atoms with Crippen LogP contribution in [0.1, 0.15) is 30.3 Å². The molecule has 198 valence electrons. The molecule has 2 aliphatic rings.